The molecule has 0 aliphatic carbocycles. The molecular formula is C22H25N3O2. The second-order valence-corrected chi connectivity index (χ2v) is 6.97. The van der Waals surface area contributed by atoms with E-state index in [1.165, 1.54) is 10.9 Å². The molecule has 5 heteroatoms. The van der Waals surface area contributed by atoms with Crippen LogP contribution in [0.2, 0.25) is 0 Å². The largest absolute Gasteiger partial charge is 0.497 e. The Bertz CT molecular complexity index is 926. The molecule has 2 aromatic carbocycles. The van der Waals surface area contributed by atoms with Crippen LogP contribution in [0.15, 0.2) is 54.7 Å². The van der Waals surface area contributed by atoms with E-state index in [1.54, 1.807) is 7.11 Å². The first kappa shape index (κ1) is 17.5. The predicted molar refractivity (Wildman–Crippen MR) is 108 cm³/mol. The monoisotopic (exact) mass is 363 g/mol. The minimum absolute atomic E-state index is 0.242. The standard InChI is InChI=1S/C22H25N3O2/c1-27-20-4-2-3-19(16-20)24-11-13-25(14-12-24)22(26)8-6-17-5-7-18-9-10-23-21(18)15-17/h2-5,7,9-10,15-16,23H,6,8,11-14H2,1H3. The lowest BCUT2D eigenvalue weighted by Crippen LogP contribution is -2.48. The highest BCUT2D eigenvalue weighted by atomic mass is 16.5. The first-order valence-electron chi connectivity index (χ1n) is 9.46. The van der Waals surface area contributed by atoms with Crippen LogP contribution in [0.1, 0.15) is 12.0 Å². The third-order valence-corrected chi connectivity index (χ3v) is 5.30. The van der Waals surface area contributed by atoms with Crippen molar-refractivity contribution in [1.29, 1.82) is 0 Å². The van der Waals surface area contributed by atoms with E-state index in [4.69, 9.17) is 4.74 Å². The summed E-state index contributed by atoms with van der Waals surface area (Å²) in [5.41, 5.74) is 3.49. The number of ether oxygens (including phenoxy) is 1. The predicted octanol–water partition coefficient (Wildman–Crippen LogP) is 3.46. The van der Waals surface area contributed by atoms with E-state index >= 15 is 0 Å². The van der Waals surface area contributed by atoms with Crippen molar-refractivity contribution in [3.05, 3.63) is 60.3 Å². The SMILES string of the molecule is COc1cccc(N2CCN(C(=O)CCc3ccc4cc[nH]c4c3)CC2)c1. The molecule has 140 valence electrons. The topological polar surface area (TPSA) is 48.6 Å². The lowest BCUT2D eigenvalue weighted by Gasteiger charge is -2.36. The zero-order chi connectivity index (χ0) is 18.6. The van der Waals surface area contributed by atoms with E-state index in [-0.39, 0.29) is 5.91 Å². The number of hydrogen-bond donors (Lipinski definition) is 1. The number of carbonyl (C=O) groups is 1. The molecule has 1 saturated heterocycles. The fourth-order valence-corrected chi connectivity index (χ4v) is 3.68. The molecule has 2 heterocycles. The third kappa shape index (κ3) is 3.92. The first-order valence-corrected chi connectivity index (χ1v) is 9.46. The minimum atomic E-state index is 0.242. The quantitative estimate of drug-likeness (QED) is 0.755. The number of benzene rings is 2. The highest BCUT2D eigenvalue weighted by Crippen LogP contribution is 2.22. The van der Waals surface area contributed by atoms with Crippen LogP contribution in [0.25, 0.3) is 10.9 Å². The molecule has 0 atom stereocenters. The zero-order valence-electron chi connectivity index (χ0n) is 15.6. The number of amides is 1. The van der Waals surface area contributed by atoms with Gasteiger partial charge in [0.1, 0.15) is 5.75 Å². The molecule has 0 saturated carbocycles. The summed E-state index contributed by atoms with van der Waals surface area (Å²) in [5, 5.41) is 1.21. The van der Waals surface area contributed by atoms with Gasteiger partial charge in [0.15, 0.2) is 0 Å². The Balaban J connectivity index is 1.30. The summed E-state index contributed by atoms with van der Waals surface area (Å²) in [6.45, 7) is 3.25. The minimum Gasteiger partial charge on any atom is -0.497 e. The third-order valence-electron chi connectivity index (χ3n) is 5.30. The van der Waals surface area contributed by atoms with Crippen molar-refractivity contribution >= 4 is 22.5 Å². The van der Waals surface area contributed by atoms with Gasteiger partial charge in [-0.25, -0.2) is 0 Å². The normalized spacial score (nSPS) is 14.6. The Kier molecular flexibility index (Phi) is 5.01. The lowest BCUT2D eigenvalue weighted by molar-refractivity contribution is -0.131. The number of methoxy groups -OCH3 is 1. The van der Waals surface area contributed by atoms with Crippen molar-refractivity contribution in [3.63, 3.8) is 0 Å². The number of H-pyrrole nitrogens is 1. The van der Waals surface area contributed by atoms with Crippen LogP contribution in [0.4, 0.5) is 5.69 Å². The Morgan fingerprint density at radius 3 is 2.74 bits per heavy atom. The number of aromatic nitrogens is 1. The van der Waals surface area contributed by atoms with E-state index in [0.29, 0.717) is 6.42 Å². The molecule has 1 aliphatic heterocycles. The number of nitrogens with zero attached hydrogens (tertiary/aromatic N) is 2. The maximum absolute atomic E-state index is 12.6. The van der Waals surface area contributed by atoms with Crippen LogP contribution in [0, 0.1) is 0 Å². The fourth-order valence-electron chi connectivity index (χ4n) is 3.68. The average molecular weight is 363 g/mol. The number of anilines is 1. The number of aryl methyl sites for hydroxylation is 1. The molecule has 5 nitrogen and oxygen atoms in total. The number of piperazine rings is 1. The molecule has 1 aliphatic rings. The fraction of sp³-hybridized carbons (Fsp3) is 0.318. The summed E-state index contributed by atoms with van der Waals surface area (Å²) in [5.74, 6) is 1.11. The molecule has 0 bridgehead atoms. The first-order chi connectivity index (χ1) is 13.2. The van der Waals surface area contributed by atoms with Crippen molar-refractivity contribution in [3.8, 4) is 5.75 Å². The maximum atomic E-state index is 12.6. The Labute approximate surface area is 159 Å². The molecule has 1 fully saturated rings. The second-order valence-electron chi connectivity index (χ2n) is 6.97. The summed E-state index contributed by atoms with van der Waals surface area (Å²) < 4.78 is 5.31. The highest BCUT2D eigenvalue weighted by Gasteiger charge is 2.21. The van der Waals surface area contributed by atoms with Gasteiger partial charge in [-0.15, -0.1) is 0 Å². The molecule has 0 unspecified atom stereocenters. The van der Waals surface area contributed by atoms with Gasteiger partial charge in [0.05, 0.1) is 7.11 Å². The summed E-state index contributed by atoms with van der Waals surface area (Å²) >= 11 is 0. The number of fused-ring (bicyclic) bond motifs is 1. The van der Waals surface area contributed by atoms with Gasteiger partial charge in [-0.1, -0.05) is 18.2 Å². The molecule has 1 amide bonds. The van der Waals surface area contributed by atoms with E-state index < -0.39 is 0 Å². The van der Waals surface area contributed by atoms with Crippen LogP contribution in [0.5, 0.6) is 5.75 Å². The van der Waals surface area contributed by atoms with Crippen molar-refractivity contribution in [2.45, 2.75) is 12.8 Å². The molecule has 1 aromatic heterocycles. The smallest absolute Gasteiger partial charge is 0.223 e. The van der Waals surface area contributed by atoms with E-state index in [0.717, 1.165) is 49.6 Å². The van der Waals surface area contributed by atoms with Gasteiger partial charge in [0.2, 0.25) is 5.91 Å². The van der Waals surface area contributed by atoms with Gasteiger partial charge in [-0.2, -0.15) is 0 Å². The summed E-state index contributed by atoms with van der Waals surface area (Å²) in [6.07, 6.45) is 3.29. The maximum Gasteiger partial charge on any atom is 0.223 e. The molecule has 4 rings (SSSR count). The average Bonchev–Trinajstić information content (AvgIpc) is 3.20. The molecule has 3 aromatic rings. The van der Waals surface area contributed by atoms with Gasteiger partial charge >= 0.3 is 0 Å². The van der Waals surface area contributed by atoms with E-state index in [9.17, 15) is 4.79 Å². The lowest BCUT2D eigenvalue weighted by atomic mass is 10.1. The number of carbonyl (C=O) groups excluding carboxylic acids is 1. The zero-order valence-corrected chi connectivity index (χ0v) is 15.6. The summed E-state index contributed by atoms with van der Waals surface area (Å²) in [4.78, 5) is 20.1. The van der Waals surface area contributed by atoms with E-state index in [2.05, 4.69) is 40.2 Å². The van der Waals surface area contributed by atoms with Crippen LogP contribution in [-0.2, 0) is 11.2 Å². The van der Waals surface area contributed by atoms with Gasteiger partial charge in [-0.3, -0.25) is 4.79 Å². The number of aromatic amines is 1. The Morgan fingerprint density at radius 2 is 1.93 bits per heavy atom. The van der Waals surface area contributed by atoms with Crippen LogP contribution < -0.4 is 9.64 Å². The summed E-state index contributed by atoms with van der Waals surface area (Å²) in [6, 6.07) is 16.5. The summed E-state index contributed by atoms with van der Waals surface area (Å²) in [7, 11) is 1.68. The Hall–Kier alpha value is -2.95. The van der Waals surface area contributed by atoms with Gasteiger partial charge in [0.25, 0.3) is 0 Å². The van der Waals surface area contributed by atoms with Crippen LogP contribution in [-0.4, -0.2) is 49.1 Å². The Morgan fingerprint density at radius 1 is 1.07 bits per heavy atom. The number of rotatable bonds is 5. The van der Waals surface area contributed by atoms with Gasteiger partial charge in [0, 0.05) is 56.1 Å². The molecule has 1 N–H and O–H groups in total. The van der Waals surface area contributed by atoms with Crippen molar-refractivity contribution < 1.29 is 9.53 Å². The highest BCUT2D eigenvalue weighted by molar-refractivity contribution is 5.80. The molecule has 0 radical (unpaired) electrons. The van der Waals surface area contributed by atoms with Crippen molar-refractivity contribution in [1.82, 2.24) is 9.88 Å². The number of hydrogen-bond acceptors (Lipinski definition) is 3. The van der Waals surface area contributed by atoms with Crippen molar-refractivity contribution in [2.24, 2.45) is 0 Å². The second kappa shape index (κ2) is 7.74. The van der Waals surface area contributed by atoms with Crippen LogP contribution in [0.3, 0.4) is 0 Å². The van der Waals surface area contributed by atoms with E-state index in [1.807, 2.05) is 29.3 Å². The number of nitrogens with one attached hydrogen (secondary N) is 1. The van der Waals surface area contributed by atoms with Gasteiger partial charge in [-0.05, 0) is 41.6 Å². The van der Waals surface area contributed by atoms with Gasteiger partial charge < -0.3 is 19.5 Å². The molecular weight excluding hydrogens is 338 g/mol. The molecule has 0 spiro atoms. The van der Waals surface area contributed by atoms with Crippen molar-refractivity contribution in [2.75, 3.05) is 38.2 Å². The molecule has 27 heavy (non-hydrogen) atoms. The van der Waals surface area contributed by atoms with Crippen LogP contribution >= 0.6 is 0 Å².